The Hall–Kier alpha value is -2.99. The van der Waals surface area contributed by atoms with Crippen LogP contribution in [0.3, 0.4) is 0 Å². The van der Waals surface area contributed by atoms with Gasteiger partial charge in [0.2, 0.25) is 0 Å². The summed E-state index contributed by atoms with van der Waals surface area (Å²) in [6, 6.07) is 0. The van der Waals surface area contributed by atoms with Crippen molar-refractivity contribution in [3.63, 3.8) is 0 Å². The van der Waals surface area contributed by atoms with E-state index in [-0.39, 0.29) is 58.0 Å². The Morgan fingerprint density at radius 3 is 1.08 bits per heavy atom. The fourth-order valence-electron chi connectivity index (χ4n) is 6.73. The van der Waals surface area contributed by atoms with Crippen LogP contribution in [0.1, 0.15) is 241 Å². The summed E-state index contributed by atoms with van der Waals surface area (Å²) in [5.41, 5.74) is 0. The van der Waals surface area contributed by atoms with Crippen LogP contribution in [0.2, 0.25) is 0 Å². The van der Waals surface area contributed by atoms with Gasteiger partial charge >= 0.3 is 47.5 Å². The van der Waals surface area contributed by atoms with Gasteiger partial charge in [-0.25, -0.2) is 4.89 Å². The van der Waals surface area contributed by atoms with Crippen molar-refractivity contribution < 1.29 is 75.9 Å². The van der Waals surface area contributed by atoms with Crippen LogP contribution in [0, 0.1) is 0 Å². The number of unbranched alkanes of at least 4 members (excludes halogenated alkanes) is 19. The molecule has 3 radical (unpaired) electrons. The van der Waals surface area contributed by atoms with Crippen LogP contribution in [0.25, 0.3) is 0 Å². The molecular weight excluding hydrogens is 898 g/mol. The minimum Gasteiger partial charge on any atom is -1.00 e. The second-order valence-corrected chi connectivity index (χ2v) is 17.7. The molecule has 0 unspecified atom stereocenters. The van der Waals surface area contributed by atoms with E-state index in [0.717, 1.165) is 154 Å². The molecule has 401 valence electrons. The standard InChI is InChI=1S/C20H34O4.C20H34O3.C20H34O2.B.Na.H/c1-2-3-13-16-19(24-23)17-14-11-9-7-5-4-6-8-10-12-15-18-20(21)22;1-2-3-13-16-19(21)17-14-11-9-7-5-4-6-8-10-12-15-18-20(22)23;1-2-3-4-5-6-7-8-9-10-11-12-13-14-15-16-17-18-19-20(21)22;;;/h4-5,9,11,14,17,19,23H,2-3,6-8,10,12-13,15-16,18H2,1H3,(H,21,22);4-5,9,11,14,17,19,21H,2-3,6-8,10,12-13,15-16,18H2,1H3,(H,22,23);6-7,9-10,12-13H,2-5,8,11,14-19H2,1H3,(H,21,22);;;/q;;;;+1;-1/b2*5-4-,11-9-,17-14+;7-6-,10-9-,13-12-;;;/t2*19-;;;;/m00..../s1. The van der Waals surface area contributed by atoms with Crippen molar-refractivity contribution in [2.45, 2.75) is 251 Å². The minimum atomic E-state index is -0.700. The fourth-order valence-corrected chi connectivity index (χ4v) is 6.73. The normalized spacial score (nSPS) is 12.6. The summed E-state index contributed by atoms with van der Waals surface area (Å²) >= 11 is 0. The Balaban J connectivity index is -0.000000222. The Morgan fingerprint density at radius 2 is 0.718 bits per heavy atom. The SMILES string of the molecule is CCCCC/C=C\C/C=C\C/C=C\CCCCCCC(=O)O.CCCCC[C@@H](/C=C/C=C\C/C=C\CCCCCCC(=O)O)OO.CCCCC[C@H](O)/C=C/C=C\C/C=C\CCCCCCC(=O)O.[B].[H-].[Na+]. The molecule has 0 fully saturated rings. The van der Waals surface area contributed by atoms with E-state index in [4.69, 9.17) is 20.6 Å². The Morgan fingerprint density at radius 1 is 0.408 bits per heavy atom. The molecule has 0 heterocycles. The van der Waals surface area contributed by atoms with E-state index in [1.54, 1.807) is 0 Å². The second-order valence-electron chi connectivity index (χ2n) is 17.7. The van der Waals surface area contributed by atoms with Gasteiger partial charge in [-0.1, -0.05) is 220 Å². The van der Waals surface area contributed by atoms with Crippen molar-refractivity contribution in [1.29, 1.82) is 0 Å². The molecule has 0 saturated heterocycles. The van der Waals surface area contributed by atoms with Crippen LogP contribution in [0.5, 0.6) is 0 Å². The maximum Gasteiger partial charge on any atom is 1.00 e. The molecule has 0 saturated carbocycles. The van der Waals surface area contributed by atoms with Gasteiger partial charge in [0.15, 0.2) is 0 Å². The van der Waals surface area contributed by atoms with Crippen molar-refractivity contribution in [3.8, 4) is 0 Å². The van der Waals surface area contributed by atoms with Crippen LogP contribution in [0.4, 0.5) is 0 Å². The van der Waals surface area contributed by atoms with E-state index >= 15 is 0 Å². The van der Waals surface area contributed by atoms with Gasteiger partial charge in [-0.05, 0) is 109 Å². The molecule has 0 amide bonds. The van der Waals surface area contributed by atoms with Crippen molar-refractivity contribution in [2.75, 3.05) is 0 Å². The molecule has 0 aromatic heterocycles. The van der Waals surface area contributed by atoms with E-state index in [1.807, 2.05) is 36.5 Å². The monoisotopic (exact) mass is 1000 g/mol. The third-order valence-electron chi connectivity index (χ3n) is 10.9. The molecule has 2 atom stereocenters. The number of rotatable bonds is 46. The number of carboxylic acids is 3. The number of carbonyl (C=O) groups is 3. The molecule has 11 heteroatoms. The van der Waals surface area contributed by atoms with Crippen LogP contribution in [-0.2, 0) is 19.3 Å². The average molecular weight is 1000 g/mol. The van der Waals surface area contributed by atoms with Crippen LogP contribution in [0.15, 0.2) is 109 Å². The third kappa shape index (κ3) is 78.6. The first-order chi connectivity index (χ1) is 33.6. The van der Waals surface area contributed by atoms with Crippen LogP contribution < -0.4 is 29.6 Å². The number of hydrogen-bond acceptors (Lipinski definition) is 6. The van der Waals surface area contributed by atoms with E-state index in [1.165, 1.54) is 44.9 Å². The third-order valence-corrected chi connectivity index (χ3v) is 10.9. The predicted octanol–water partition coefficient (Wildman–Crippen LogP) is 14.5. The number of allylic oxidation sites excluding steroid dienone is 16. The molecule has 71 heavy (non-hydrogen) atoms. The second kappa shape index (κ2) is 69.1. The molecule has 9 nitrogen and oxygen atoms in total. The van der Waals surface area contributed by atoms with Crippen molar-refractivity contribution >= 4 is 26.3 Å². The topological polar surface area (TPSA) is 162 Å². The van der Waals surface area contributed by atoms with Gasteiger partial charge in [-0.2, -0.15) is 0 Å². The van der Waals surface area contributed by atoms with Crippen molar-refractivity contribution in [3.05, 3.63) is 109 Å². The van der Waals surface area contributed by atoms with Gasteiger partial charge in [-0.3, -0.25) is 19.6 Å². The van der Waals surface area contributed by atoms with Crippen molar-refractivity contribution in [2.24, 2.45) is 0 Å². The molecule has 0 aromatic carbocycles. The number of aliphatic hydroxyl groups is 1. The summed E-state index contributed by atoms with van der Waals surface area (Å²) in [6.45, 7) is 6.55. The van der Waals surface area contributed by atoms with Crippen LogP contribution >= 0.6 is 0 Å². The van der Waals surface area contributed by atoms with Gasteiger partial charge in [0.05, 0.1) is 6.10 Å². The molecule has 0 aliphatic rings. The number of aliphatic hydroxyl groups excluding tert-OH is 1. The first-order valence-electron chi connectivity index (χ1n) is 27.2. The van der Waals surface area contributed by atoms with E-state index in [2.05, 4.69) is 98.6 Å². The smallest absolute Gasteiger partial charge is 1.00 e. The molecule has 0 aromatic rings. The molecule has 0 spiro atoms. The summed E-state index contributed by atoms with van der Waals surface area (Å²) in [5, 5.41) is 44.1. The summed E-state index contributed by atoms with van der Waals surface area (Å²) in [6.07, 6.45) is 71.1. The van der Waals surface area contributed by atoms with E-state index in [9.17, 15) is 19.5 Å². The largest absolute Gasteiger partial charge is 1.00 e. The first kappa shape index (κ1) is 76.9. The Bertz CT molecular complexity index is 1410. The average Bonchev–Trinajstić information content (AvgIpc) is 3.32. The molecule has 0 aliphatic heterocycles. The fraction of sp³-hybridized carbons (Fsp3) is 0.650. The number of aliphatic carboxylic acids is 3. The van der Waals surface area contributed by atoms with E-state index in [0.29, 0.717) is 12.8 Å². The molecular formula is C60H103BNaO9. The van der Waals surface area contributed by atoms with Gasteiger partial charge in [0, 0.05) is 27.7 Å². The summed E-state index contributed by atoms with van der Waals surface area (Å²) in [5.74, 6) is -2.07. The molecule has 0 bridgehead atoms. The Kier molecular flexibility index (Phi) is 74.9. The minimum absolute atomic E-state index is 0. The zero-order valence-corrected chi connectivity index (χ0v) is 47.5. The summed E-state index contributed by atoms with van der Waals surface area (Å²) in [7, 11) is 0. The van der Waals surface area contributed by atoms with Crippen LogP contribution in [-0.4, -0.2) is 64.2 Å². The van der Waals surface area contributed by atoms with Crippen molar-refractivity contribution in [1.82, 2.24) is 0 Å². The maximum absolute atomic E-state index is 10.4. The van der Waals surface area contributed by atoms with Gasteiger partial charge in [0.25, 0.3) is 0 Å². The quantitative estimate of drug-likeness (QED) is 0.00998. The summed E-state index contributed by atoms with van der Waals surface area (Å²) < 4.78 is 0. The van der Waals surface area contributed by atoms with E-state index < -0.39 is 17.9 Å². The maximum atomic E-state index is 10.4. The first-order valence-corrected chi connectivity index (χ1v) is 27.2. The molecule has 0 rings (SSSR count). The molecule has 0 aliphatic carbocycles. The summed E-state index contributed by atoms with van der Waals surface area (Å²) in [4.78, 5) is 35.5. The zero-order chi connectivity index (χ0) is 51.4. The number of hydrogen-bond donors (Lipinski definition) is 5. The molecule has 5 N–H and O–H groups in total. The Labute approximate surface area is 460 Å². The zero-order valence-electron chi connectivity index (χ0n) is 46.5. The predicted molar refractivity (Wildman–Crippen MR) is 300 cm³/mol. The van der Waals surface area contributed by atoms with Gasteiger partial charge in [0.1, 0.15) is 6.10 Å². The number of carboxylic acid groups (broad SMARTS) is 3. The van der Waals surface area contributed by atoms with Gasteiger partial charge in [-0.15, -0.1) is 0 Å². The van der Waals surface area contributed by atoms with Gasteiger partial charge < -0.3 is 21.9 Å².